The highest BCUT2D eigenvalue weighted by Crippen LogP contribution is 2.30. The normalized spacial score (nSPS) is 14.4. The number of pyridine rings is 1. The molecule has 0 saturated heterocycles. The molecule has 1 fully saturated rings. The standard InChI is InChI=1S/C22H26F2N4O3/c1-12-7-16(10-25-21(12)31-11-19(23)24)14(3)28(4)22(30)17-8-13(2)26-20(27-17)9-18(29)15-5-6-15/h7-8,10,14-15,19H,5-6,9,11H2,1-4H3. The van der Waals surface area contributed by atoms with Crippen LogP contribution in [0.3, 0.4) is 0 Å². The summed E-state index contributed by atoms with van der Waals surface area (Å²) in [4.78, 5) is 39.4. The summed E-state index contributed by atoms with van der Waals surface area (Å²) in [6.45, 7) is 4.58. The molecule has 0 N–H and O–H groups in total. The van der Waals surface area contributed by atoms with Gasteiger partial charge in [0.25, 0.3) is 12.3 Å². The Morgan fingerprint density at radius 1 is 1.23 bits per heavy atom. The first-order valence-corrected chi connectivity index (χ1v) is 10.2. The summed E-state index contributed by atoms with van der Waals surface area (Å²) in [5.41, 5.74) is 2.18. The van der Waals surface area contributed by atoms with Gasteiger partial charge in [-0.3, -0.25) is 9.59 Å². The van der Waals surface area contributed by atoms with Crippen LogP contribution in [-0.2, 0) is 11.2 Å². The molecule has 31 heavy (non-hydrogen) atoms. The summed E-state index contributed by atoms with van der Waals surface area (Å²) < 4.78 is 29.7. The first-order valence-electron chi connectivity index (χ1n) is 10.2. The minimum Gasteiger partial charge on any atom is -0.471 e. The van der Waals surface area contributed by atoms with Crippen LogP contribution >= 0.6 is 0 Å². The molecule has 2 aromatic heterocycles. The second-order valence-electron chi connectivity index (χ2n) is 7.91. The smallest absolute Gasteiger partial charge is 0.272 e. The second-order valence-corrected chi connectivity index (χ2v) is 7.91. The third-order valence-corrected chi connectivity index (χ3v) is 5.27. The molecule has 166 valence electrons. The number of ketones is 1. The SMILES string of the molecule is Cc1cc(C(=O)N(C)C(C)c2cnc(OCC(F)F)c(C)c2)nc(CC(=O)C2CC2)n1. The van der Waals surface area contributed by atoms with E-state index in [0.717, 1.165) is 18.4 Å². The van der Waals surface area contributed by atoms with Crippen LogP contribution in [0.1, 0.15) is 58.9 Å². The molecule has 2 aromatic rings. The van der Waals surface area contributed by atoms with Crippen LogP contribution in [0.4, 0.5) is 8.78 Å². The lowest BCUT2D eigenvalue weighted by molar-refractivity contribution is -0.119. The Kier molecular flexibility index (Phi) is 6.92. The van der Waals surface area contributed by atoms with Gasteiger partial charge in [0.1, 0.15) is 17.3 Å². The van der Waals surface area contributed by atoms with Gasteiger partial charge in [0.2, 0.25) is 5.88 Å². The first-order chi connectivity index (χ1) is 14.7. The van der Waals surface area contributed by atoms with E-state index in [1.165, 1.54) is 11.1 Å². The number of amides is 1. The zero-order valence-electron chi connectivity index (χ0n) is 18.1. The topological polar surface area (TPSA) is 85.3 Å². The summed E-state index contributed by atoms with van der Waals surface area (Å²) in [6.07, 6.45) is 0.887. The minimum absolute atomic E-state index is 0.106. The van der Waals surface area contributed by atoms with Crippen LogP contribution in [0.15, 0.2) is 18.3 Å². The molecule has 3 rings (SSSR count). The van der Waals surface area contributed by atoms with E-state index in [9.17, 15) is 18.4 Å². The van der Waals surface area contributed by atoms with Crippen molar-refractivity contribution >= 4 is 11.7 Å². The van der Waals surface area contributed by atoms with Crippen molar-refractivity contribution in [2.75, 3.05) is 13.7 Å². The molecule has 0 radical (unpaired) electrons. The Hall–Kier alpha value is -2.97. The molecular weight excluding hydrogens is 406 g/mol. The Balaban J connectivity index is 1.73. The summed E-state index contributed by atoms with van der Waals surface area (Å²) in [5.74, 6) is 0.408. The van der Waals surface area contributed by atoms with Gasteiger partial charge in [-0.1, -0.05) is 0 Å². The van der Waals surface area contributed by atoms with E-state index < -0.39 is 13.0 Å². The van der Waals surface area contributed by atoms with Crippen LogP contribution in [0.5, 0.6) is 5.88 Å². The number of alkyl halides is 2. The number of nitrogens with zero attached hydrogens (tertiary/aromatic N) is 4. The molecule has 1 atom stereocenters. The zero-order chi connectivity index (χ0) is 22.7. The van der Waals surface area contributed by atoms with Crippen LogP contribution in [0.25, 0.3) is 0 Å². The van der Waals surface area contributed by atoms with Gasteiger partial charge in [-0.2, -0.15) is 0 Å². The fourth-order valence-electron chi connectivity index (χ4n) is 3.21. The molecule has 1 unspecified atom stereocenters. The monoisotopic (exact) mass is 432 g/mol. The van der Waals surface area contributed by atoms with Crippen molar-refractivity contribution in [1.82, 2.24) is 19.9 Å². The lowest BCUT2D eigenvalue weighted by atomic mass is 10.1. The predicted molar refractivity (Wildman–Crippen MR) is 109 cm³/mol. The van der Waals surface area contributed by atoms with Crippen molar-refractivity contribution in [2.24, 2.45) is 5.92 Å². The van der Waals surface area contributed by atoms with E-state index in [1.807, 2.05) is 6.92 Å². The lowest BCUT2D eigenvalue weighted by Crippen LogP contribution is -2.31. The molecule has 1 aliphatic rings. The van der Waals surface area contributed by atoms with Crippen LogP contribution in [-0.4, -0.2) is 51.6 Å². The minimum atomic E-state index is -2.58. The van der Waals surface area contributed by atoms with Crippen molar-refractivity contribution in [3.8, 4) is 5.88 Å². The number of rotatable bonds is 9. The number of hydrogen-bond donors (Lipinski definition) is 0. The molecular formula is C22H26F2N4O3. The average Bonchev–Trinajstić information content (AvgIpc) is 3.56. The molecule has 1 saturated carbocycles. The maximum Gasteiger partial charge on any atom is 0.272 e. The van der Waals surface area contributed by atoms with Gasteiger partial charge in [-0.05, 0) is 51.3 Å². The summed E-state index contributed by atoms with van der Waals surface area (Å²) in [7, 11) is 1.65. The first kappa shape index (κ1) is 22.7. The van der Waals surface area contributed by atoms with Crippen molar-refractivity contribution in [1.29, 1.82) is 0 Å². The quantitative estimate of drug-likeness (QED) is 0.603. The van der Waals surface area contributed by atoms with Gasteiger partial charge in [0.05, 0.1) is 12.5 Å². The van der Waals surface area contributed by atoms with Gasteiger partial charge >= 0.3 is 0 Å². The van der Waals surface area contributed by atoms with Crippen LogP contribution in [0.2, 0.25) is 0 Å². The van der Waals surface area contributed by atoms with Crippen molar-refractivity contribution in [2.45, 2.75) is 52.5 Å². The Bertz CT molecular complexity index is 979. The Morgan fingerprint density at radius 3 is 2.55 bits per heavy atom. The Labute approximate surface area is 179 Å². The van der Waals surface area contributed by atoms with E-state index in [2.05, 4.69) is 15.0 Å². The predicted octanol–water partition coefficient (Wildman–Crippen LogP) is 3.49. The molecule has 0 aliphatic heterocycles. The Morgan fingerprint density at radius 2 is 1.94 bits per heavy atom. The highest BCUT2D eigenvalue weighted by molar-refractivity contribution is 5.92. The summed E-state index contributed by atoms with van der Waals surface area (Å²) in [6, 6.07) is 3.00. The van der Waals surface area contributed by atoms with Crippen molar-refractivity contribution in [3.05, 3.63) is 46.7 Å². The van der Waals surface area contributed by atoms with Gasteiger partial charge in [0, 0.05) is 30.4 Å². The molecule has 9 heteroatoms. The van der Waals surface area contributed by atoms with Gasteiger partial charge < -0.3 is 9.64 Å². The third kappa shape index (κ3) is 5.80. The maximum atomic E-state index is 13.0. The van der Waals surface area contributed by atoms with E-state index in [4.69, 9.17) is 4.74 Å². The number of ether oxygens (including phenoxy) is 1. The van der Waals surface area contributed by atoms with E-state index in [1.54, 1.807) is 33.0 Å². The number of hydrogen-bond acceptors (Lipinski definition) is 6. The second kappa shape index (κ2) is 9.45. The average molecular weight is 432 g/mol. The van der Waals surface area contributed by atoms with E-state index >= 15 is 0 Å². The fraction of sp³-hybridized carbons (Fsp3) is 0.500. The van der Waals surface area contributed by atoms with Gasteiger partial charge in [0.15, 0.2) is 6.61 Å². The number of aromatic nitrogens is 3. The maximum absolute atomic E-state index is 13.0. The molecule has 1 aliphatic carbocycles. The molecule has 0 spiro atoms. The largest absolute Gasteiger partial charge is 0.471 e. The molecule has 7 nitrogen and oxygen atoms in total. The molecule has 1 amide bonds. The molecule has 0 aromatic carbocycles. The molecule has 2 heterocycles. The fourth-order valence-corrected chi connectivity index (χ4v) is 3.21. The van der Waals surface area contributed by atoms with Crippen LogP contribution < -0.4 is 4.74 Å². The summed E-state index contributed by atoms with van der Waals surface area (Å²) in [5, 5.41) is 0. The van der Waals surface area contributed by atoms with Crippen molar-refractivity contribution < 1.29 is 23.1 Å². The molecule has 0 bridgehead atoms. The van der Waals surface area contributed by atoms with Gasteiger partial charge in [-0.15, -0.1) is 0 Å². The number of aryl methyl sites for hydroxylation is 2. The lowest BCUT2D eigenvalue weighted by Gasteiger charge is -2.25. The van der Waals surface area contributed by atoms with Crippen LogP contribution in [0, 0.1) is 19.8 Å². The van der Waals surface area contributed by atoms with Gasteiger partial charge in [-0.25, -0.2) is 23.7 Å². The number of Topliss-reactive ketones (excluding diaryl/α,β-unsaturated/α-hetero) is 1. The van der Waals surface area contributed by atoms with Crippen molar-refractivity contribution in [3.63, 3.8) is 0 Å². The number of carbonyl (C=O) groups is 2. The van der Waals surface area contributed by atoms with E-state index in [0.29, 0.717) is 17.1 Å². The summed E-state index contributed by atoms with van der Waals surface area (Å²) >= 11 is 0. The zero-order valence-corrected chi connectivity index (χ0v) is 18.1. The highest BCUT2D eigenvalue weighted by atomic mass is 19.3. The number of carbonyl (C=O) groups excluding carboxylic acids is 2. The third-order valence-electron chi connectivity index (χ3n) is 5.27. The highest BCUT2D eigenvalue weighted by Gasteiger charge is 2.30. The number of halogens is 2. The van der Waals surface area contributed by atoms with E-state index in [-0.39, 0.29) is 41.6 Å².